The fraction of sp³-hybridized carbons (Fsp3) is 0.167. The fourth-order valence-corrected chi connectivity index (χ4v) is 3.44. The third kappa shape index (κ3) is 3.03. The van der Waals surface area contributed by atoms with Crippen molar-refractivity contribution in [1.82, 2.24) is 5.43 Å². The zero-order valence-electron chi connectivity index (χ0n) is 9.84. The predicted octanol–water partition coefficient (Wildman–Crippen LogP) is 4.22. The van der Waals surface area contributed by atoms with Crippen LogP contribution in [0.2, 0.25) is 0 Å². The summed E-state index contributed by atoms with van der Waals surface area (Å²) in [4.78, 5) is 0.603. The first-order valence-electron chi connectivity index (χ1n) is 5.40. The lowest BCUT2D eigenvalue weighted by Crippen LogP contribution is -2.29. The molecule has 1 heterocycles. The summed E-state index contributed by atoms with van der Waals surface area (Å²) in [7, 11) is 0. The molecule has 20 heavy (non-hydrogen) atoms. The number of nitrogens with one attached hydrogen (secondary N) is 1. The quantitative estimate of drug-likeness (QED) is 0.483. The van der Waals surface area contributed by atoms with Crippen LogP contribution in [0.3, 0.4) is 0 Å². The Balaban J connectivity index is 2.52. The molecule has 0 saturated carbocycles. The molecule has 0 aliphatic carbocycles. The summed E-state index contributed by atoms with van der Waals surface area (Å²) in [6.45, 7) is 0. The van der Waals surface area contributed by atoms with Crippen LogP contribution in [0.15, 0.2) is 34.1 Å². The zero-order chi connectivity index (χ0) is 14.9. The maximum Gasteiger partial charge on any atom is 0.416 e. The average molecular weight is 369 g/mol. The summed E-state index contributed by atoms with van der Waals surface area (Å²) < 4.78 is 52.6. The number of hydrazine groups is 1. The third-order valence-corrected chi connectivity index (χ3v) is 4.64. The first kappa shape index (κ1) is 15.4. The van der Waals surface area contributed by atoms with Crippen molar-refractivity contribution in [3.63, 3.8) is 0 Å². The van der Waals surface area contributed by atoms with Gasteiger partial charge >= 0.3 is 6.18 Å². The summed E-state index contributed by atoms with van der Waals surface area (Å²) in [6.07, 6.45) is -4.53. The minimum absolute atomic E-state index is 0.148. The summed E-state index contributed by atoms with van der Waals surface area (Å²) in [5, 5.41) is 1.73. The molecule has 0 aliphatic rings. The lowest BCUT2D eigenvalue weighted by atomic mass is 10.0. The number of benzene rings is 1. The van der Waals surface area contributed by atoms with Gasteiger partial charge in [0.2, 0.25) is 0 Å². The van der Waals surface area contributed by atoms with E-state index in [1.807, 2.05) is 0 Å². The monoisotopic (exact) mass is 368 g/mol. The van der Waals surface area contributed by atoms with Gasteiger partial charge in [-0.15, -0.1) is 11.3 Å². The SMILES string of the molecule is NNC(c1cc(C(F)(F)F)ccc1F)c1sccc1Br. The highest BCUT2D eigenvalue weighted by atomic mass is 79.9. The Morgan fingerprint density at radius 1 is 1.25 bits per heavy atom. The number of hydrogen-bond acceptors (Lipinski definition) is 3. The largest absolute Gasteiger partial charge is 0.416 e. The molecule has 1 atom stereocenters. The first-order valence-corrected chi connectivity index (χ1v) is 7.07. The third-order valence-electron chi connectivity index (χ3n) is 2.71. The van der Waals surface area contributed by atoms with Crippen molar-refractivity contribution in [3.05, 3.63) is 55.9 Å². The highest BCUT2D eigenvalue weighted by molar-refractivity contribution is 9.10. The van der Waals surface area contributed by atoms with Crippen LogP contribution in [0.5, 0.6) is 0 Å². The number of alkyl halides is 3. The second-order valence-electron chi connectivity index (χ2n) is 3.97. The van der Waals surface area contributed by atoms with Crippen molar-refractivity contribution in [2.45, 2.75) is 12.2 Å². The van der Waals surface area contributed by atoms with Crippen LogP contribution in [-0.4, -0.2) is 0 Å². The Morgan fingerprint density at radius 3 is 2.45 bits per heavy atom. The van der Waals surface area contributed by atoms with Gasteiger partial charge in [0, 0.05) is 14.9 Å². The number of rotatable bonds is 3. The summed E-state index contributed by atoms with van der Waals surface area (Å²) >= 11 is 4.52. The van der Waals surface area contributed by atoms with E-state index in [9.17, 15) is 17.6 Å². The van der Waals surface area contributed by atoms with Gasteiger partial charge in [-0.3, -0.25) is 5.84 Å². The lowest BCUT2D eigenvalue weighted by Gasteiger charge is -2.18. The second-order valence-corrected chi connectivity index (χ2v) is 5.77. The molecule has 3 N–H and O–H groups in total. The molecule has 2 rings (SSSR count). The zero-order valence-corrected chi connectivity index (χ0v) is 12.2. The minimum atomic E-state index is -4.53. The highest BCUT2D eigenvalue weighted by Gasteiger charge is 2.32. The molecule has 108 valence electrons. The number of hydrogen-bond donors (Lipinski definition) is 2. The van der Waals surface area contributed by atoms with E-state index in [-0.39, 0.29) is 5.56 Å². The van der Waals surface area contributed by atoms with Crippen molar-refractivity contribution < 1.29 is 17.6 Å². The summed E-state index contributed by atoms with van der Waals surface area (Å²) in [5.41, 5.74) is 1.29. The Bertz CT molecular complexity index is 612. The Morgan fingerprint density at radius 2 is 1.95 bits per heavy atom. The highest BCUT2D eigenvalue weighted by Crippen LogP contribution is 2.36. The topological polar surface area (TPSA) is 38.0 Å². The Hall–Kier alpha value is -0.960. The maximum atomic E-state index is 13.8. The van der Waals surface area contributed by atoms with Gasteiger partial charge < -0.3 is 0 Å². The van der Waals surface area contributed by atoms with E-state index < -0.39 is 23.6 Å². The Labute approximate surface area is 124 Å². The van der Waals surface area contributed by atoms with Crippen LogP contribution >= 0.6 is 27.3 Å². The molecule has 1 aromatic carbocycles. The molecule has 0 amide bonds. The van der Waals surface area contributed by atoms with Crippen LogP contribution in [0.25, 0.3) is 0 Å². The van der Waals surface area contributed by atoms with Crippen molar-refractivity contribution in [1.29, 1.82) is 0 Å². The molecule has 0 spiro atoms. The molecule has 0 fully saturated rings. The fourth-order valence-electron chi connectivity index (χ4n) is 1.76. The molecule has 2 aromatic rings. The van der Waals surface area contributed by atoms with E-state index in [2.05, 4.69) is 21.4 Å². The normalized spacial score (nSPS) is 13.5. The van der Waals surface area contributed by atoms with E-state index in [0.717, 1.165) is 12.1 Å². The van der Waals surface area contributed by atoms with E-state index in [1.54, 1.807) is 11.4 Å². The molecule has 0 bridgehead atoms. The molecular weight excluding hydrogens is 360 g/mol. The molecule has 8 heteroatoms. The lowest BCUT2D eigenvalue weighted by molar-refractivity contribution is -0.137. The van der Waals surface area contributed by atoms with E-state index >= 15 is 0 Å². The molecule has 0 radical (unpaired) electrons. The molecule has 0 saturated heterocycles. The van der Waals surface area contributed by atoms with E-state index in [4.69, 9.17) is 5.84 Å². The standard InChI is InChI=1S/C12H9BrF4N2S/c13-8-3-4-20-11(8)10(19-18)7-5-6(12(15,16)17)1-2-9(7)14/h1-5,10,19H,18H2. The molecule has 1 aromatic heterocycles. The summed E-state index contributed by atoms with van der Waals surface area (Å²) in [5.74, 6) is 4.63. The van der Waals surface area contributed by atoms with Crippen LogP contribution < -0.4 is 11.3 Å². The van der Waals surface area contributed by atoms with Crippen molar-refractivity contribution in [3.8, 4) is 0 Å². The number of nitrogens with two attached hydrogens (primary N) is 1. The molecular formula is C12H9BrF4N2S. The number of thiophene rings is 1. The molecule has 0 aliphatic heterocycles. The predicted molar refractivity (Wildman–Crippen MR) is 72.6 cm³/mol. The van der Waals surface area contributed by atoms with Gasteiger partial charge in [0.05, 0.1) is 11.6 Å². The van der Waals surface area contributed by atoms with Gasteiger partial charge in [-0.1, -0.05) is 0 Å². The molecule has 1 unspecified atom stereocenters. The van der Waals surface area contributed by atoms with Gasteiger partial charge in [-0.2, -0.15) is 13.2 Å². The molecule has 2 nitrogen and oxygen atoms in total. The second kappa shape index (κ2) is 5.80. The van der Waals surface area contributed by atoms with Crippen LogP contribution in [0, 0.1) is 5.82 Å². The summed E-state index contributed by atoms with van der Waals surface area (Å²) in [6, 6.07) is 3.13. The van der Waals surface area contributed by atoms with Gasteiger partial charge in [0.25, 0.3) is 0 Å². The van der Waals surface area contributed by atoms with E-state index in [1.165, 1.54) is 11.3 Å². The van der Waals surface area contributed by atoms with Gasteiger partial charge in [0.15, 0.2) is 0 Å². The van der Waals surface area contributed by atoms with Crippen LogP contribution in [0.4, 0.5) is 17.6 Å². The Kier molecular flexibility index (Phi) is 4.48. The van der Waals surface area contributed by atoms with Gasteiger partial charge in [-0.25, -0.2) is 9.82 Å². The maximum absolute atomic E-state index is 13.8. The van der Waals surface area contributed by atoms with Gasteiger partial charge in [0.1, 0.15) is 5.82 Å². The average Bonchev–Trinajstić information content (AvgIpc) is 2.78. The minimum Gasteiger partial charge on any atom is -0.271 e. The van der Waals surface area contributed by atoms with Crippen molar-refractivity contribution in [2.24, 2.45) is 5.84 Å². The van der Waals surface area contributed by atoms with Gasteiger partial charge in [-0.05, 0) is 45.6 Å². The number of halogens is 5. The van der Waals surface area contributed by atoms with Crippen molar-refractivity contribution in [2.75, 3.05) is 0 Å². The van der Waals surface area contributed by atoms with Crippen LogP contribution in [0.1, 0.15) is 22.0 Å². The van der Waals surface area contributed by atoms with Crippen molar-refractivity contribution >= 4 is 27.3 Å². The first-order chi connectivity index (χ1) is 9.34. The van der Waals surface area contributed by atoms with Crippen LogP contribution in [-0.2, 0) is 6.18 Å². The smallest absolute Gasteiger partial charge is 0.271 e. The van der Waals surface area contributed by atoms with E-state index in [0.29, 0.717) is 15.4 Å².